The first-order valence-electron chi connectivity index (χ1n) is 14.9. The Morgan fingerprint density at radius 1 is 1.23 bits per heavy atom. The van der Waals surface area contributed by atoms with E-state index in [0.29, 0.717) is 53.0 Å². The van der Waals surface area contributed by atoms with Crippen molar-refractivity contribution in [3.8, 4) is 11.4 Å². The second-order valence-corrected chi connectivity index (χ2v) is 13.6. The van der Waals surface area contributed by atoms with Crippen molar-refractivity contribution in [3.05, 3.63) is 61.7 Å². The van der Waals surface area contributed by atoms with Gasteiger partial charge in [0.2, 0.25) is 5.91 Å². The van der Waals surface area contributed by atoms with Crippen molar-refractivity contribution < 1.29 is 28.0 Å². The highest BCUT2D eigenvalue weighted by atomic mass is 32.2. The zero-order chi connectivity index (χ0) is 30.8. The minimum atomic E-state index is -1.75. The summed E-state index contributed by atoms with van der Waals surface area (Å²) in [7, 11) is -1.40. The Morgan fingerprint density at radius 2 is 2.00 bits per heavy atom. The number of fused-ring (bicyclic) bond motifs is 5. The molecule has 228 valence electrons. The number of hydrogen-bond acceptors (Lipinski definition) is 7. The van der Waals surface area contributed by atoms with Gasteiger partial charge in [0.25, 0.3) is 5.56 Å². The Balaban J connectivity index is 1.45. The van der Waals surface area contributed by atoms with Gasteiger partial charge in [-0.15, -0.1) is 0 Å². The fourth-order valence-electron chi connectivity index (χ4n) is 6.91. The van der Waals surface area contributed by atoms with E-state index in [0.717, 1.165) is 22.1 Å². The molecule has 0 bridgehead atoms. The maximum absolute atomic E-state index is 15.1. The fraction of sp³-hybridized carbons (Fsp3) is 0.500. The van der Waals surface area contributed by atoms with Crippen LogP contribution in [0.3, 0.4) is 0 Å². The molecule has 3 atom stereocenters. The number of nitrogens with one attached hydrogen (secondary N) is 1. The Labute approximate surface area is 251 Å². The molecule has 43 heavy (non-hydrogen) atoms. The molecule has 3 aliphatic rings. The lowest BCUT2D eigenvalue weighted by Crippen LogP contribution is -2.43. The van der Waals surface area contributed by atoms with Gasteiger partial charge in [-0.05, 0) is 69.2 Å². The number of aliphatic hydroxyl groups is 1. The zero-order valence-electron chi connectivity index (χ0n) is 24.8. The fourth-order valence-corrected chi connectivity index (χ4v) is 7.72. The molecule has 2 N–H and O–H groups in total. The first-order valence-corrected chi connectivity index (χ1v) is 16.4. The number of aromatic nitrogens is 2. The Morgan fingerprint density at radius 3 is 2.72 bits per heavy atom. The molecule has 3 aromatic rings. The standard InChI is InChI=1S/C32H36FN3O6S/c1-5-32(40)21-12-25-30-20(14-36(25)31(39)19(21)7-9-26(32)37)29-23(34-27(38)15-43(41)11-10-42-16(2)3)8-6-18-17(4)22(33)13-24(35-30)28(18)29/h12-13,16,23,40H,5-11,14-15H2,1-4H3,(H,34,38)/t23-,32-,43?/m0/s1. The quantitative estimate of drug-likeness (QED) is 0.314. The number of halogens is 1. The number of amides is 1. The predicted molar refractivity (Wildman–Crippen MR) is 161 cm³/mol. The smallest absolute Gasteiger partial charge is 0.254 e. The van der Waals surface area contributed by atoms with Crippen molar-refractivity contribution in [2.24, 2.45) is 0 Å². The third-order valence-electron chi connectivity index (χ3n) is 9.15. The van der Waals surface area contributed by atoms with Gasteiger partial charge in [-0.3, -0.25) is 18.6 Å². The van der Waals surface area contributed by atoms with Crippen LogP contribution in [0.5, 0.6) is 0 Å². The first-order chi connectivity index (χ1) is 20.4. The van der Waals surface area contributed by atoms with Crippen LogP contribution in [0.1, 0.15) is 79.5 Å². The molecule has 0 radical (unpaired) electrons. The number of pyridine rings is 2. The molecule has 2 aliphatic carbocycles. The summed E-state index contributed by atoms with van der Waals surface area (Å²) in [6, 6.07) is 2.62. The Bertz CT molecular complexity index is 1780. The third-order valence-corrected chi connectivity index (χ3v) is 10.4. The number of ether oxygens (including phenoxy) is 1. The summed E-state index contributed by atoms with van der Waals surface area (Å²) in [4.78, 5) is 44.6. The molecule has 1 aromatic carbocycles. The van der Waals surface area contributed by atoms with Crippen LogP contribution < -0.4 is 10.9 Å². The van der Waals surface area contributed by atoms with Crippen LogP contribution in [-0.2, 0) is 50.1 Å². The van der Waals surface area contributed by atoms with Crippen molar-refractivity contribution in [1.29, 1.82) is 0 Å². The van der Waals surface area contributed by atoms with Crippen molar-refractivity contribution in [2.45, 2.75) is 84.1 Å². The largest absolute Gasteiger partial charge is 0.378 e. The second kappa shape index (κ2) is 11.0. The molecule has 6 rings (SSSR count). The van der Waals surface area contributed by atoms with E-state index in [1.54, 1.807) is 24.5 Å². The SMILES string of the molecule is CC[C@@]1(O)C(=O)CCc2c1cc1n(c2=O)Cc2c-1nc1cc(F)c(C)c3c1c2[C@@H](NC(=O)CS(=O)CCOC(C)C)CC3. The molecule has 0 fully saturated rings. The molecule has 0 saturated carbocycles. The predicted octanol–water partition coefficient (Wildman–Crippen LogP) is 3.26. The van der Waals surface area contributed by atoms with Crippen molar-refractivity contribution in [3.63, 3.8) is 0 Å². The molecular formula is C32H36FN3O6S. The maximum atomic E-state index is 15.1. The van der Waals surface area contributed by atoms with Gasteiger partial charge in [-0.2, -0.15) is 0 Å². The van der Waals surface area contributed by atoms with Crippen LogP contribution in [-0.4, -0.2) is 54.8 Å². The lowest BCUT2D eigenvalue weighted by molar-refractivity contribution is -0.140. The second-order valence-electron chi connectivity index (χ2n) is 12.0. The van der Waals surface area contributed by atoms with E-state index in [9.17, 15) is 23.7 Å². The molecule has 2 aromatic heterocycles. The van der Waals surface area contributed by atoms with Gasteiger partial charge in [0.1, 0.15) is 17.2 Å². The average molecular weight is 610 g/mol. The Kier molecular flexibility index (Phi) is 7.63. The molecule has 1 aliphatic heterocycles. The lowest BCUT2D eigenvalue weighted by Gasteiger charge is -2.32. The minimum Gasteiger partial charge on any atom is -0.378 e. The van der Waals surface area contributed by atoms with Crippen LogP contribution in [0, 0.1) is 12.7 Å². The highest BCUT2D eigenvalue weighted by Crippen LogP contribution is 2.46. The molecule has 11 heteroatoms. The molecule has 3 heterocycles. The van der Waals surface area contributed by atoms with Gasteiger partial charge in [-0.1, -0.05) is 6.92 Å². The summed E-state index contributed by atoms with van der Waals surface area (Å²) in [5, 5.41) is 15.2. The van der Waals surface area contributed by atoms with Crippen molar-refractivity contribution in [2.75, 3.05) is 18.1 Å². The lowest BCUT2D eigenvalue weighted by atomic mass is 9.77. The number of carbonyl (C=O) groups excluding carboxylic acids is 2. The topological polar surface area (TPSA) is 128 Å². The van der Waals surface area contributed by atoms with E-state index in [2.05, 4.69) is 5.32 Å². The monoisotopic (exact) mass is 609 g/mol. The average Bonchev–Trinajstić information content (AvgIpc) is 3.32. The molecular weight excluding hydrogens is 573 g/mol. The first kappa shape index (κ1) is 29.8. The van der Waals surface area contributed by atoms with E-state index in [1.165, 1.54) is 6.07 Å². The summed E-state index contributed by atoms with van der Waals surface area (Å²) in [6.07, 6.45) is 1.52. The summed E-state index contributed by atoms with van der Waals surface area (Å²) in [5.74, 6) is -0.968. The summed E-state index contributed by atoms with van der Waals surface area (Å²) < 4.78 is 34.8. The highest BCUT2D eigenvalue weighted by Gasteiger charge is 2.44. The van der Waals surface area contributed by atoms with Crippen LogP contribution in [0.25, 0.3) is 22.3 Å². The van der Waals surface area contributed by atoms with Gasteiger partial charge < -0.3 is 19.7 Å². The maximum Gasteiger partial charge on any atom is 0.254 e. The van der Waals surface area contributed by atoms with Crippen molar-refractivity contribution >= 4 is 33.4 Å². The minimum absolute atomic E-state index is 0.0102. The van der Waals surface area contributed by atoms with E-state index < -0.39 is 22.4 Å². The number of nitrogens with zero attached hydrogens (tertiary/aromatic N) is 2. The number of Topliss-reactive ketones (excluding diaryl/α,β-unsaturated/α-hetero) is 1. The molecule has 1 unspecified atom stereocenters. The summed E-state index contributed by atoms with van der Waals surface area (Å²) in [6.45, 7) is 7.73. The number of rotatable bonds is 8. The van der Waals surface area contributed by atoms with E-state index in [-0.39, 0.29) is 66.5 Å². The number of ketones is 1. The summed E-state index contributed by atoms with van der Waals surface area (Å²) in [5.41, 5.74) is 2.96. The zero-order valence-corrected chi connectivity index (χ0v) is 25.7. The number of carbonyl (C=O) groups is 2. The molecule has 0 spiro atoms. The number of aryl methyl sites for hydroxylation is 1. The highest BCUT2D eigenvalue weighted by molar-refractivity contribution is 7.85. The van der Waals surface area contributed by atoms with Gasteiger partial charge in [-0.25, -0.2) is 9.37 Å². The van der Waals surface area contributed by atoms with Gasteiger partial charge in [0, 0.05) is 51.1 Å². The van der Waals surface area contributed by atoms with Crippen LogP contribution in [0.2, 0.25) is 0 Å². The van der Waals surface area contributed by atoms with Crippen molar-refractivity contribution in [1.82, 2.24) is 14.9 Å². The third kappa shape index (κ3) is 4.85. The molecule has 1 amide bonds. The van der Waals surface area contributed by atoms with Crippen LogP contribution >= 0.6 is 0 Å². The van der Waals surface area contributed by atoms with E-state index in [1.807, 2.05) is 13.8 Å². The summed E-state index contributed by atoms with van der Waals surface area (Å²) >= 11 is 0. The van der Waals surface area contributed by atoms with E-state index >= 15 is 4.39 Å². The number of benzene rings is 1. The van der Waals surface area contributed by atoms with E-state index in [4.69, 9.17) is 9.72 Å². The van der Waals surface area contributed by atoms with Gasteiger partial charge in [0.05, 0.1) is 42.2 Å². The molecule has 9 nitrogen and oxygen atoms in total. The van der Waals surface area contributed by atoms with Crippen LogP contribution in [0.15, 0.2) is 16.9 Å². The van der Waals surface area contributed by atoms with Crippen LogP contribution in [0.4, 0.5) is 4.39 Å². The molecule has 0 saturated heterocycles. The normalized spacial score (nSPS) is 21.1. The Hall–Kier alpha value is -3.28. The van der Waals surface area contributed by atoms with Gasteiger partial charge >= 0.3 is 0 Å². The number of hydrogen-bond donors (Lipinski definition) is 2. The van der Waals surface area contributed by atoms with Gasteiger partial charge in [0.15, 0.2) is 5.78 Å².